The number of carbonyl (C=O) groups is 1. The van der Waals surface area contributed by atoms with Gasteiger partial charge in [0.1, 0.15) is 12.1 Å². The summed E-state index contributed by atoms with van der Waals surface area (Å²) >= 11 is 0. The van der Waals surface area contributed by atoms with Crippen LogP contribution in [0.5, 0.6) is 0 Å². The summed E-state index contributed by atoms with van der Waals surface area (Å²) in [7, 11) is 0. The maximum absolute atomic E-state index is 14.0. The average Bonchev–Trinajstić information content (AvgIpc) is 2.81. The number of benzene rings is 2. The van der Waals surface area contributed by atoms with Gasteiger partial charge in [-0.15, -0.1) is 0 Å². The van der Waals surface area contributed by atoms with Crippen LogP contribution >= 0.6 is 0 Å². The van der Waals surface area contributed by atoms with Crippen LogP contribution in [-0.2, 0) is 0 Å². The van der Waals surface area contributed by atoms with Gasteiger partial charge in [-0.25, -0.2) is 9.37 Å². The van der Waals surface area contributed by atoms with Crippen molar-refractivity contribution >= 4 is 16.8 Å². The third-order valence-corrected chi connectivity index (χ3v) is 3.77. The number of fused-ring (bicyclic) bond motifs is 1. The normalized spacial score (nSPS) is 11.0. The molecular weight excluding hydrogens is 267 g/mol. The molecule has 4 heteroatoms. The third-order valence-electron chi connectivity index (χ3n) is 3.77. The summed E-state index contributed by atoms with van der Waals surface area (Å²) in [6.07, 6.45) is 1.63. The van der Waals surface area contributed by atoms with Gasteiger partial charge in [0, 0.05) is 0 Å². The first-order valence-corrected chi connectivity index (χ1v) is 6.73. The Morgan fingerprint density at radius 1 is 1.19 bits per heavy atom. The quantitative estimate of drug-likeness (QED) is 0.666. The SMILES string of the molecule is CC(=O)c1c(F)cccc1-n1cnc2cc(C)c(C)cc21. The van der Waals surface area contributed by atoms with Crippen molar-refractivity contribution in [3.63, 3.8) is 0 Å². The van der Waals surface area contributed by atoms with E-state index in [-0.39, 0.29) is 11.3 Å². The van der Waals surface area contributed by atoms with Crippen LogP contribution in [0, 0.1) is 19.7 Å². The zero-order valence-corrected chi connectivity index (χ0v) is 12.1. The van der Waals surface area contributed by atoms with Crippen molar-refractivity contribution in [3.05, 3.63) is 59.2 Å². The molecule has 0 saturated carbocycles. The van der Waals surface area contributed by atoms with Crippen molar-refractivity contribution in [1.82, 2.24) is 9.55 Å². The molecule has 2 aromatic carbocycles. The van der Waals surface area contributed by atoms with Crippen LogP contribution in [0.1, 0.15) is 28.4 Å². The Bertz CT molecular complexity index is 865. The van der Waals surface area contributed by atoms with E-state index in [2.05, 4.69) is 4.98 Å². The Labute approximate surface area is 122 Å². The first-order valence-electron chi connectivity index (χ1n) is 6.73. The topological polar surface area (TPSA) is 34.9 Å². The molecule has 0 N–H and O–H groups in total. The van der Waals surface area contributed by atoms with Crippen molar-refractivity contribution < 1.29 is 9.18 Å². The van der Waals surface area contributed by atoms with Gasteiger partial charge in [0.05, 0.1) is 22.3 Å². The number of nitrogens with zero attached hydrogens (tertiary/aromatic N) is 2. The first kappa shape index (κ1) is 13.5. The summed E-state index contributed by atoms with van der Waals surface area (Å²) in [5.74, 6) is -0.806. The van der Waals surface area contributed by atoms with Crippen LogP contribution in [0.3, 0.4) is 0 Å². The molecule has 0 fully saturated rings. The standard InChI is InChI=1S/C17H15FN2O/c1-10-7-14-16(8-11(10)2)20(9-19-14)15-6-4-5-13(18)17(15)12(3)21/h4-9H,1-3H3. The number of hydrogen-bond donors (Lipinski definition) is 0. The minimum atomic E-state index is -0.509. The predicted octanol–water partition coefficient (Wildman–Crippen LogP) is 3.98. The van der Waals surface area contributed by atoms with Gasteiger partial charge in [0.15, 0.2) is 5.78 Å². The lowest BCUT2D eigenvalue weighted by molar-refractivity contribution is 0.101. The third kappa shape index (κ3) is 2.13. The highest BCUT2D eigenvalue weighted by Crippen LogP contribution is 2.25. The molecule has 0 aliphatic carbocycles. The number of ketones is 1. The minimum absolute atomic E-state index is 0.0926. The second kappa shape index (κ2) is 4.81. The van der Waals surface area contributed by atoms with Crippen molar-refractivity contribution in [2.75, 3.05) is 0 Å². The lowest BCUT2D eigenvalue weighted by Crippen LogP contribution is -2.05. The fourth-order valence-electron chi connectivity index (χ4n) is 2.52. The van der Waals surface area contributed by atoms with Gasteiger partial charge < -0.3 is 0 Å². The summed E-state index contributed by atoms with van der Waals surface area (Å²) in [5, 5.41) is 0. The number of rotatable bonds is 2. The van der Waals surface area contributed by atoms with Gasteiger partial charge in [0.2, 0.25) is 0 Å². The van der Waals surface area contributed by atoms with Gasteiger partial charge in [-0.2, -0.15) is 0 Å². The molecule has 3 rings (SSSR count). The van der Waals surface area contributed by atoms with Crippen LogP contribution in [0.25, 0.3) is 16.7 Å². The highest BCUT2D eigenvalue weighted by Gasteiger charge is 2.16. The molecule has 0 spiro atoms. The Morgan fingerprint density at radius 3 is 2.62 bits per heavy atom. The van der Waals surface area contributed by atoms with E-state index in [4.69, 9.17) is 0 Å². The minimum Gasteiger partial charge on any atom is -0.298 e. The lowest BCUT2D eigenvalue weighted by atomic mass is 10.1. The maximum Gasteiger partial charge on any atom is 0.164 e. The second-order valence-corrected chi connectivity index (χ2v) is 5.23. The van der Waals surface area contributed by atoms with Gasteiger partial charge in [-0.3, -0.25) is 9.36 Å². The zero-order chi connectivity index (χ0) is 15.1. The highest BCUT2D eigenvalue weighted by atomic mass is 19.1. The van der Waals surface area contributed by atoms with E-state index in [1.807, 2.05) is 26.0 Å². The lowest BCUT2D eigenvalue weighted by Gasteiger charge is -2.10. The van der Waals surface area contributed by atoms with Gasteiger partial charge in [0.25, 0.3) is 0 Å². The van der Waals surface area contributed by atoms with Crippen molar-refractivity contribution in [3.8, 4) is 5.69 Å². The summed E-state index contributed by atoms with van der Waals surface area (Å²) in [5.41, 5.74) is 4.59. The molecule has 0 aliphatic heterocycles. The van der Waals surface area contributed by atoms with E-state index in [0.717, 1.165) is 22.2 Å². The second-order valence-electron chi connectivity index (χ2n) is 5.23. The maximum atomic E-state index is 14.0. The molecule has 0 amide bonds. The van der Waals surface area contributed by atoms with Crippen LogP contribution in [0.2, 0.25) is 0 Å². The molecule has 3 nitrogen and oxygen atoms in total. The number of halogens is 1. The number of imidazole rings is 1. The van der Waals surface area contributed by atoms with Crippen molar-refractivity contribution in [1.29, 1.82) is 0 Å². The Balaban J connectivity index is 2.34. The predicted molar refractivity (Wildman–Crippen MR) is 80.5 cm³/mol. The Hall–Kier alpha value is -2.49. The summed E-state index contributed by atoms with van der Waals surface area (Å²) < 4.78 is 15.7. The molecule has 106 valence electrons. The Morgan fingerprint density at radius 2 is 1.90 bits per heavy atom. The first-order chi connectivity index (χ1) is 9.99. The Kier molecular flexibility index (Phi) is 3.09. The van der Waals surface area contributed by atoms with Crippen molar-refractivity contribution in [2.45, 2.75) is 20.8 Å². The van der Waals surface area contributed by atoms with E-state index in [0.29, 0.717) is 5.69 Å². The number of hydrogen-bond acceptors (Lipinski definition) is 2. The largest absolute Gasteiger partial charge is 0.298 e. The summed E-state index contributed by atoms with van der Waals surface area (Å²) in [4.78, 5) is 16.1. The average molecular weight is 282 g/mol. The molecule has 3 aromatic rings. The molecule has 0 aliphatic rings. The molecule has 0 bridgehead atoms. The molecule has 21 heavy (non-hydrogen) atoms. The van der Waals surface area contributed by atoms with Gasteiger partial charge in [-0.1, -0.05) is 6.07 Å². The highest BCUT2D eigenvalue weighted by molar-refractivity contribution is 5.98. The molecule has 0 unspecified atom stereocenters. The van der Waals surface area contributed by atoms with Crippen molar-refractivity contribution in [2.24, 2.45) is 0 Å². The number of Topliss-reactive ketones (excluding diaryl/α,β-unsaturated/α-hetero) is 1. The smallest absolute Gasteiger partial charge is 0.164 e. The summed E-state index contributed by atoms with van der Waals surface area (Å²) in [6, 6.07) is 8.63. The zero-order valence-electron chi connectivity index (χ0n) is 12.1. The fourth-order valence-corrected chi connectivity index (χ4v) is 2.52. The number of carbonyl (C=O) groups excluding carboxylic acids is 1. The van der Waals surface area contributed by atoms with Crippen LogP contribution in [0.15, 0.2) is 36.7 Å². The van der Waals surface area contributed by atoms with E-state index in [9.17, 15) is 9.18 Å². The molecule has 0 atom stereocenters. The van der Waals surface area contributed by atoms with Crippen LogP contribution in [0.4, 0.5) is 4.39 Å². The monoisotopic (exact) mass is 282 g/mol. The van der Waals surface area contributed by atoms with E-state index in [1.165, 1.54) is 13.0 Å². The molecule has 0 saturated heterocycles. The van der Waals surface area contributed by atoms with Crippen LogP contribution < -0.4 is 0 Å². The molecule has 0 radical (unpaired) electrons. The fraction of sp³-hybridized carbons (Fsp3) is 0.176. The summed E-state index contributed by atoms with van der Waals surface area (Å²) in [6.45, 7) is 5.41. The van der Waals surface area contributed by atoms with E-state index >= 15 is 0 Å². The van der Waals surface area contributed by atoms with Crippen LogP contribution in [-0.4, -0.2) is 15.3 Å². The van der Waals surface area contributed by atoms with E-state index < -0.39 is 5.82 Å². The van der Waals surface area contributed by atoms with Gasteiger partial charge in [-0.05, 0) is 56.2 Å². The number of aryl methyl sites for hydroxylation is 2. The van der Waals surface area contributed by atoms with E-state index in [1.54, 1.807) is 23.0 Å². The number of aromatic nitrogens is 2. The molecular formula is C17H15FN2O. The van der Waals surface area contributed by atoms with Gasteiger partial charge >= 0.3 is 0 Å². The molecule has 1 heterocycles. The molecule has 1 aromatic heterocycles.